The third kappa shape index (κ3) is 5.10. The molecule has 0 radical (unpaired) electrons. The topological polar surface area (TPSA) is 65.6 Å². The molecule has 0 unspecified atom stereocenters. The Kier molecular flexibility index (Phi) is 6.50. The zero-order valence-electron chi connectivity index (χ0n) is 17.1. The second kappa shape index (κ2) is 9.63. The summed E-state index contributed by atoms with van der Waals surface area (Å²) in [5.41, 5.74) is 5.13. The quantitative estimate of drug-likeness (QED) is 0.506. The van der Waals surface area contributed by atoms with Gasteiger partial charge in [0.15, 0.2) is 6.61 Å². The van der Waals surface area contributed by atoms with Crippen LogP contribution in [0.4, 0.5) is 0 Å². The molecule has 5 nitrogen and oxygen atoms in total. The standard InChI is InChI=1S/C25H28N2O3/c28-25(29)18-30-22-9-10-24-23(16-22)21(17-26-24)8-4-5-13-27-14-11-20(12-15-27)19-6-2-1-3-7-19/h1-3,6-7,9-11,16-17,26H,4-5,8,12-15,18H2,(H,28,29). The Bertz CT molecular complexity index is 1020. The lowest BCUT2D eigenvalue weighted by molar-refractivity contribution is -0.139. The van der Waals surface area contributed by atoms with Crippen LogP contribution in [0, 0.1) is 0 Å². The van der Waals surface area contributed by atoms with Crippen LogP contribution in [-0.4, -0.2) is 47.2 Å². The van der Waals surface area contributed by atoms with Gasteiger partial charge in [0, 0.05) is 30.2 Å². The second-order valence-electron chi connectivity index (χ2n) is 7.81. The average Bonchev–Trinajstić information content (AvgIpc) is 3.18. The van der Waals surface area contributed by atoms with Crippen molar-refractivity contribution in [1.29, 1.82) is 0 Å². The highest BCUT2D eigenvalue weighted by Gasteiger charge is 2.13. The van der Waals surface area contributed by atoms with Crippen molar-refractivity contribution in [3.8, 4) is 5.75 Å². The summed E-state index contributed by atoms with van der Waals surface area (Å²) in [4.78, 5) is 16.5. The molecule has 0 saturated carbocycles. The molecule has 1 aromatic heterocycles. The van der Waals surface area contributed by atoms with Gasteiger partial charge in [0.05, 0.1) is 0 Å². The largest absolute Gasteiger partial charge is 0.482 e. The Morgan fingerprint density at radius 3 is 2.77 bits per heavy atom. The first-order valence-corrected chi connectivity index (χ1v) is 10.6. The van der Waals surface area contributed by atoms with E-state index in [0.29, 0.717) is 5.75 Å². The van der Waals surface area contributed by atoms with Gasteiger partial charge in [-0.2, -0.15) is 0 Å². The number of hydrogen-bond acceptors (Lipinski definition) is 3. The molecule has 0 amide bonds. The van der Waals surface area contributed by atoms with Gasteiger partial charge in [0.25, 0.3) is 0 Å². The van der Waals surface area contributed by atoms with E-state index in [2.05, 4.69) is 52.5 Å². The van der Waals surface area contributed by atoms with Crippen molar-refractivity contribution in [3.63, 3.8) is 0 Å². The van der Waals surface area contributed by atoms with Crippen LogP contribution in [0.2, 0.25) is 0 Å². The van der Waals surface area contributed by atoms with Crippen molar-refractivity contribution in [2.24, 2.45) is 0 Å². The number of ether oxygens (including phenoxy) is 1. The van der Waals surface area contributed by atoms with E-state index in [9.17, 15) is 4.79 Å². The predicted octanol–water partition coefficient (Wildman–Crippen LogP) is 4.74. The van der Waals surface area contributed by atoms with E-state index in [0.717, 1.165) is 56.2 Å². The van der Waals surface area contributed by atoms with Gasteiger partial charge in [-0.05, 0) is 67.1 Å². The normalized spacial score (nSPS) is 14.6. The lowest BCUT2D eigenvalue weighted by Crippen LogP contribution is -2.29. The van der Waals surface area contributed by atoms with Gasteiger partial charge in [-0.3, -0.25) is 4.90 Å². The fraction of sp³-hybridized carbons (Fsp3) is 0.320. The van der Waals surface area contributed by atoms with Gasteiger partial charge < -0.3 is 14.8 Å². The SMILES string of the molecule is O=C(O)COc1ccc2[nH]cc(CCCCN3CC=C(c4ccccc4)CC3)c2c1. The van der Waals surface area contributed by atoms with Crippen molar-refractivity contribution in [2.75, 3.05) is 26.2 Å². The van der Waals surface area contributed by atoms with Gasteiger partial charge in [0.1, 0.15) is 5.75 Å². The number of carbonyl (C=O) groups is 1. The monoisotopic (exact) mass is 404 g/mol. The van der Waals surface area contributed by atoms with Crippen molar-refractivity contribution >= 4 is 22.4 Å². The zero-order chi connectivity index (χ0) is 20.8. The first kappa shape index (κ1) is 20.2. The minimum atomic E-state index is -0.965. The van der Waals surface area contributed by atoms with Gasteiger partial charge in [-0.1, -0.05) is 36.4 Å². The van der Waals surface area contributed by atoms with Crippen LogP contribution < -0.4 is 4.74 Å². The Hall–Kier alpha value is -3.05. The highest BCUT2D eigenvalue weighted by Crippen LogP contribution is 2.25. The van der Waals surface area contributed by atoms with E-state index >= 15 is 0 Å². The smallest absolute Gasteiger partial charge is 0.341 e. The summed E-state index contributed by atoms with van der Waals surface area (Å²) >= 11 is 0. The Morgan fingerprint density at radius 2 is 2.00 bits per heavy atom. The second-order valence-corrected chi connectivity index (χ2v) is 7.81. The molecule has 4 rings (SSSR count). The van der Waals surface area contributed by atoms with Crippen LogP contribution in [0.3, 0.4) is 0 Å². The first-order chi connectivity index (χ1) is 14.7. The van der Waals surface area contributed by atoms with E-state index in [-0.39, 0.29) is 6.61 Å². The molecule has 1 aliphatic heterocycles. The van der Waals surface area contributed by atoms with E-state index in [1.807, 2.05) is 12.1 Å². The highest BCUT2D eigenvalue weighted by atomic mass is 16.5. The molecule has 0 saturated heterocycles. The molecule has 2 N–H and O–H groups in total. The summed E-state index contributed by atoms with van der Waals surface area (Å²) in [5, 5.41) is 9.90. The number of carboxylic acids is 1. The van der Waals surface area contributed by atoms with Crippen LogP contribution in [0.5, 0.6) is 5.75 Å². The number of aryl methyl sites for hydroxylation is 1. The number of nitrogens with zero attached hydrogens (tertiary/aromatic N) is 1. The minimum Gasteiger partial charge on any atom is -0.482 e. The molecule has 0 atom stereocenters. The van der Waals surface area contributed by atoms with E-state index in [4.69, 9.17) is 9.84 Å². The van der Waals surface area contributed by atoms with Gasteiger partial charge in [-0.25, -0.2) is 4.79 Å². The van der Waals surface area contributed by atoms with E-state index in [1.54, 1.807) is 6.07 Å². The number of nitrogens with one attached hydrogen (secondary N) is 1. The first-order valence-electron chi connectivity index (χ1n) is 10.6. The maximum Gasteiger partial charge on any atom is 0.341 e. The molecule has 0 spiro atoms. The van der Waals surface area contributed by atoms with Crippen molar-refractivity contribution in [1.82, 2.24) is 9.88 Å². The Labute approximate surface area is 177 Å². The van der Waals surface area contributed by atoms with Crippen LogP contribution in [0.15, 0.2) is 60.8 Å². The number of unbranched alkanes of at least 4 members (excludes halogenated alkanes) is 1. The molecular formula is C25H28N2O3. The molecule has 0 aliphatic carbocycles. The van der Waals surface area contributed by atoms with E-state index < -0.39 is 5.97 Å². The minimum absolute atomic E-state index is 0.318. The molecule has 30 heavy (non-hydrogen) atoms. The number of H-pyrrole nitrogens is 1. The molecule has 3 aromatic rings. The summed E-state index contributed by atoms with van der Waals surface area (Å²) in [6.45, 7) is 2.95. The Morgan fingerprint density at radius 1 is 1.13 bits per heavy atom. The zero-order valence-corrected chi connectivity index (χ0v) is 17.1. The maximum atomic E-state index is 10.7. The number of rotatable bonds is 9. The fourth-order valence-electron chi connectivity index (χ4n) is 4.08. The number of hydrogen-bond donors (Lipinski definition) is 2. The Balaban J connectivity index is 1.26. The summed E-state index contributed by atoms with van der Waals surface area (Å²) in [6, 6.07) is 16.4. The number of aromatic amines is 1. The van der Waals surface area contributed by atoms with Gasteiger partial charge in [-0.15, -0.1) is 0 Å². The predicted molar refractivity (Wildman–Crippen MR) is 120 cm³/mol. The summed E-state index contributed by atoms with van der Waals surface area (Å²) in [7, 11) is 0. The van der Waals surface area contributed by atoms with E-state index in [1.165, 1.54) is 16.7 Å². The third-order valence-corrected chi connectivity index (χ3v) is 5.71. The summed E-state index contributed by atoms with van der Waals surface area (Å²) in [6.07, 6.45) is 8.83. The number of fused-ring (bicyclic) bond motifs is 1. The maximum absolute atomic E-state index is 10.7. The summed E-state index contributed by atoms with van der Waals surface area (Å²) in [5.74, 6) is -0.368. The molecule has 156 valence electrons. The highest BCUT2D eigenvalue weighted by molar-refractivity contribution is 5.84. The number of carboxylic acid groups (broad SMARTS) is 1. The lowest BCUT2D eigenvalue weighted by Gasteiger charge is -2.26. The van der Waals surface area contributed by atoms with Crippen LogP contribution in [0.25, 0.3) is 16.5 Å². The number of aliphatic carboxylic acids is 1. The molecule has 5 heteroatoms. The van der Waals surface area contributed by atoms with Gasteiger partial charge in [0.2, 0.25) is 0 Å². The molecule has 2 heterocycles. The molecule has 0 bridgehead atoms. The third-order valence-electron chi connectivity index (χ3n) is 5.71. The lowest BCUT2D eigenvalue weighted by atomic mass is 9.99. The summed E-state index contributed by atoms with van der Waals surface area (Å²) < 4.78 is 5.32. The van der Waals surface area contributed by atoms with Crippen molar-refractivity contribution in [2.45, 2.75) is 25.7 Å². The van der Waals surface area contributed by atoms with Crippen LogP contribution in [-0.2, 0) is 11.2 Å². The molecule has 0 fully saturated rings. The van der Waals surface area contributed by atoms with Crippen LogP contribution >= 0.6 is 0 Å². The number of aromatic nitrogens is 1. The molecule has 2 aromatic carbocycles. The number of benzene rings is 2. The molecule has 1 aliphatic rings. The average molecular weight is 405 g/mol. The van der Waals surface area contributed by atoms with Crippen LogP contribution in [0.1, 0.15) is 30.4 Å². The van der Waals surface area contributed by atoms with Gasteiger partial charge >= 0.3 is 5.97 Å². The van der Waals surface area contributed by atoms with Crippen molar-refractivity contribution in [3.05, 3.63) is 71.9 Å². The molecular weight excluding hydrogens is 376 g/mol. The fourth-order valence-corrected chi connectivity index (χ4v) is 4.08. The van der Waals surface area contributed by atoms with Crippen molar-refractivity contribution < 1.29 is 14.6 Å².